The number of ether oxygens (including phenoxy) is 1. The van der Waals surface area contributed by atoms with Crippen LogP contribution in [-0.4, -0.2) is 4.57 Å². The number of rotatable bonds is 5. The van der Waals surface area contributed by atoms with Crippen LogP contribution >= 0.6 is 0 Å². The lowest BCUT2D eigenvalue weighted by Crippen LogP contribution is -2.34. The fourth-order valence-corrected chi connectivity index (χ4v) is 2.55. The summed E-state index contributed by atoms with van der Waals surface area (Å²) < 4.78 is 10.3. The van der Waals surface area contributed by atoms with Crippen molar-refractivity contribution in [1.82, 2.24) is 4.57 Å². The second kappa shape index (κ2) is 6.48. The minimum atomic E-state index is 0.848. The number of benzene rings is 2. The first-order valence-electron chi connectivity index (χ1n) is 7.68. The largest absolute Gasteiger partial charge is 0.457 e. The molecule has 1 aromatic heterocycles. The maximum absolute atomic E-state index is 5.83. The Labute approximate surface area is 131 Å². The van der Waals surface area contributed by atoms with E-state index in [0.717, 1.165) is 30.2 Å². The third kappa shape index (κ3) is 3.03. The molecule has 0 aliphatic rings. The first-order chi connectivity index (χ1) is 10.8. The Hall–Kier alpha value is -2.55. The molecule has 0 aliphatic carbocycles. The zero-order valence-corrected chi connectivity index (χ0v) is 13.1. The molecule has 0 atom stereocenters. The Morgan fingerprint density at radius 2 is 1.64 bits per heavy atom. The van der Waals surface area contributed by atoms with Crippen LogP contribution in [0.2, 0.25) is 0 Å². The number of imidazole rings is 1. The molecule has 0 N–H and O–H groups in total. The summed E-state index contributed by atoms with van der Waals surface area (Å²) in [5, 5.41) is 0. The standard InChI is InChI=1S/C19H21N2O/c1-3-13-20-14-15-21(16(20)2)17-9-11-19(12-10-17)22-18-7-5-4-6-8-18/h4-12,14-15H,3,13H2,1-2H3/q+1. The van der Waals surface area contributed by atoms with Crippen LogP contribution in [0.1, 0.15) is 19.2 Å². The van der Waals surface area contributed by atoms with Gasteiger partial charge in [-0.05, 0) is 42.8 Å². The molecule has 0 spiro atoms. The second-order valence-corrected chi connectivity index (χ2v) is 5.32. The van der Waals surface area contributed by atoms with Gasteiger partial charge >= 0.3 is 0 Å². The third-order valence-corrected chi connectivity index (χ3v) is 3.72. The minimum Gasteiger partial charge on any atom is -0.457 e. The first kappa shape index (κ1) is 14.4. The molecule has 0 fully saturated rings. The Kier molecular flexibility index (Phi) is 4.24. The molecule has 22 heavy (non-hydrogen) atoms. The van der Waals surface area contributed by atoms with Gasteiger partial charge in [0.15, 0.2) is 0 Å². The molecule has 3 rings (SSSR count). The predicted octanol–water partition coefficient (Wildman–Crippen LogP) is 4.28. The predicted molar refractivity (Wildman–Crippen MR) is 87.5 cm³/mol. The van der Waals surface area contributed by atoms with Gasteiger partial charge in [-0.25, -0.2) is 9.13 Å². The van der Waals surface area contributed by atoms with Crippen molar-refractivity contribution in [2.24, 2.45) is 0 Å². The van der Waals surface area contributed by atoms with Gasteiger partial charge in [-0.3, -0.25) is 0 Å². The molecular formula is C19H21N2O+. The van der Waals surface area contributed by atoms with Gasteiger partial charge in [-0.1, -0.05) is 25.1 Å². The maximum atomic E-state index is 5.83. The van der Waals surface area contributed by atoms with E-state index in [1.165, 1.54) is 5.82 Å². The van der Waals surface area contributed by atoms with E-state index in [0.29, 0.717) is 0 Å². The molecule has 0 unspecified atom stereocenters. The smallest absolute Gasteiger partial charge is 0.258 e. The van der Waals surface area contributed by atoms with E-state index in [4.69, 9.17) is 4.74 Å². The first-order valence-corrected chi connectivity index (χ1v) is 7.68. The molecule has 3 nitrogen and oxygen atoms in total. The molecule has 0 bridgehead atoms. The summed E-state index contributed by atoms with van der Waals surface area (Å²) >= 11 is 0. The molecule has 1 heterocycles. The van der Waals surface area contributed by atoms with Gasteiger partial charge in [-0.15, -0.1) is 0 Å². The van der Waals surface area contributed by atoms with Crippen LogP contribution in [0.4, 0.5) is 0 Å². The fourth-order valence-electron chi connectivity index (χ4n) is 2.55. The molecule has 0 radical (unpaired) electrons. The van der Waals surface area contributed by atoms with E-state index in [1.54, 1.807) is 0 Å². The minimum absolute atomic E-state index is 0.848. The van der Waals surface area contributed by atoms with E-state index in [-0.39, 0.29) is 0 Å². The molecule has 0 aliphatic heterocycles. The van der Waals surface area contributed by atoms with Crippen LogP contribution < -0.4 is 9.30 Å². The highest BCUT2D eigenvalue weighted by atomic mass is 16.5. The van der Waals surface area contributed by atoms with Gasteiger partial charge in [-0.2, -0.15) is 0 Å². The lowest BCUT2D eigenvalue weighted by molar-refractivity contribution is -0.702. The molecule has 112 valence electrons. The molecule has 3 aromatic rings. The monoisotopic (exact) mass is 293 g/mol. The van der Waals surface area contributed by atoms with Gasteiger partial charge < -0.3 is 4.74 Å². The zero-order chi connectivity index (χ0) is 15.4. The van der Waals surface area contributed by atoms with Crippen molar-refractivity contribution in [2.75, 3.05) is 0 Å². The summed E-state index contributed by atoms with van der Waals surface area (Å²) in [6.45, 7) is 5.39. The van der Waals surface area contributed by atoms with Gasteiger partial charge in [0.05, 0.1) is 6.54 Å². The number of hydrogen-bond donors (Lipinski definition) is 0. The topological polar surface area (TPSA) is 18.0 Å². The second-order valence-electron chi connectivity index (χ2n) is 5.32. The summed E-state index contributed by atoms with van der Waals surface area (Å²) in [5.74, 6) is 2.94. The summed E-state index contributed by atoms with van der Waals surface area (Å²) in [4.78, 5) is 0. The van der Waals surface area contributed by atoms with E-state index in [2.05, 4.69) is 47.5 Å². The van der Waals surface area contributed by atoms with Crippen LogP contribution in [0.15, 0.2) is 67.0 Å². The zero-order valence-electron chi connectivity index (χ0n) is 13.1. The molecular weight excluding hydrogens is 272 g/mol. The highest BCUT2D eigenvalue weighted by molar-refractivity contribution is 5.39. The molecule has 3 heteroatoms. The fraction of sp³-hybridized carbons (Fsp3) is 0.211. The van der Waals surface area contributed by atoms with Crippen molar-refractivity contribution in [3.05, 3.63) is 72.8 Å². The summed E-state index contributed by atoms with van der Waals surface area (Å²) in [6.07, 6.45) is 5.38. The van der Waals surface area contributed by atoms with Gasteiger partial charge in [0.2, 0.25) is 0 Å². The van der Waals surface area contributed by atoms with Crippen molar-refractivity contribution < 1.29 is 9.30 Å². The number of hydrogen-bond acceptors (Lipinski definition) is 1. The average Bonchev–Trinajstić information content (AvgIpc) is 2.91. The Bertz CT molecular complexity index is 730. The van der Waals surface area contributed by atoms with Crippen molar-refractivity contribution >= 4 is 0 Å². The van der Waals surface area contributed by atoms with Gasteiger partial charge in [0, 0.05) is 6.92 Å². The summed E-state index contributed by atoms with van der Waals surface area (Å²) in [5.41, 5.74) is 1.15. The lowest BCUT2D eigenvalue weighted by atomic mass is 10.3. The van der Waals surface area contributed by atoms with E-state index in [1.807, 2.05) is 42.5 Å². The number of para-hydroxylation sites is 1. The normalized spacial score (nSPS) is 10.6. The van der Waals surface area contributed by atoms with Crippen LogP contribution in [-0.2, 0) is 6.54 Å². The van der Waals surface area contributed by atoms with Crippen LogP contribution in [0.5, 0.6) is 11.5 Å². The van der Waals surface area contributed by atoms with Crippen molar-refractivity contribution in [3.8, 4) is 17.2 Å². The summed E-state index contributed by atoms with van der Waals surface area (Å²) in [7, 11) is 0. The molecule has 0 saturated carbocycles. The van der Waals surface area contributed by atoms with Crippen LogP contribution in [0, 0.1) is 6.92 Å². The maximum Gasteiger partial charge on any atom is 0.258 e. The van der Waals surface area contributed by atoms with E-state index >= 15 is 0 Å². The van der Waals surface area contributed by atoms with Gasteiger partial charge in [0.25, 0.3) is 5.82 Å². The van der Waals surface area contributed by atoms with E-state index < -0.39 is 0 Å². The summed E-state index contributed by atoms with van der Waals surface area (Å²) in [6, 6.07) is 18.0. The average molecular weight is 293 g/mol. The highest BCUT2D eigenvalue weighted by Crippen LogP contribution is 2.22. The number of aryl methyl sites for hydroxylation is 1. The van der Waals surface area contributed by atoms with Crippen molar-refractivity contribution in [1.29, 1.82) is 0 Å². The highest BCUT2D eigenvalue weighted by Gasteiger charge is 2.13. The van der Waals surface area contributed by atoms with Gasteiger partial charge in [0.1, 0.15) is 29.6 Å². The molecule has 2 aromatic carbocycles. The SMILES string of the molecule is CCC[n+]1ccn(-c2ccc(Oc3ccccc3)cc2)c1C. The number of aromatic nitrogens is 2. The Morgan fingerprint density at radius 1 is 0.955 bits per heavy atom. The number of nitrogens with zero attached hydrogens (tertiary/aromatic N) is 2. The quantitative estimate of drug-likeness (QED) is 0.642. The van der Waals surface area contributed by atoms with Crippen molar-refractivity contribution in [2.45, 2.75) is 26.8 Å². The molecule has 0 amide bonds. The van der Waals surface area contributed by atoms with E-state index in [9.17, 15) is 0 Å². The van der Waals surface area contributed by atoms with Crippen molar-refractivity contribution in [3.63, 3.8) is 0 Å². The molecule has 0 saturated heterocycles. The van der Waals surface area contributed by atoms with Crippen LogP contribution in [0.25, 0.3) is 5.69 Å². The Balaban J connectivity index is 1.79. The van der Waals surface area contributed by atoms with Crippen LogP contribution in [0.3, 0.4) is 0 Å². The third-order valence-electron chi connectivity index (χ3n) is 3.72. The Morgan fingerprint density at radius 3 is 2.32 bits per heavy atom. The lowest BCUT2D eigenvalue weighted by Gasteiger charge is -2.06.